The molecule has 2 rings (SSSR count). The number of nitrogens with two attached hydrogens (primary N) is 4. The lowest BCUT2D eigenvalue weighted by Gasteiger charge is -2.18. The number of amides is 2. The first-order chi connectivity index (χ1) is 15.1. The van der Waals surface area contributed by atoms with Crippen LogP contribution in [0.1, 0.15) is 28.8 Å². The number of Topliss-reactive ketones (excluding diaryl/α,β-unsaturated/α-hetero) is 1. The second-order valence-electron chi connectivity index (χ2n) is 7.06. The lowest BCUT2D eigenvalue weighted by molar-refractivity contribution is -0.125. The Labute approximate surface area is 183 Å². The van der Waals surface area contributed by atoms with E-state index in [4.69, 9.17) is 27.4 Å². The second kappa shape index (κ2) is 10.9. The van der Waals surface area contributed by atoms with Crippen LogP contribution in [0.3, 0.4) is 0 Å². The van der Waals surface area contributed by atoms with Crippen molar-refractivity contribution >= 4 is 40.2 Å². The topological polar surface area (TPSA) is 222 Å². The number of nitrogens with one attached hydrogen (secondary N) is 2. The van der Waals surface area contributed by atoms with Crippen LogP contribution in [-0.4, -0.2) is 49.2 Å². The van der Waals surface area contributed by atoms with Crippen LogP contribution in [0.15, 0.2) is 32.4 Å². The number of anilines is 1. The Kier molecular flexibility index (Phi) is 8.30. The van der Waals surface area contributed by atoms with E-state index in [-0.39, 0.29) is 43.2 Å². The van der Waals surface area contributed by atoms with Crippen molar-refractivity contribution in [2.75, 3.05) is 25.4 Å². The molecule has 0 spiro atoms. The molecule has 0 saturated heterocycles. The fourth-order valence-corrected chi connectivity index (χ4v) is 3.10. The van der Waals surface area contributed by atoms with Crippen LogP contribution in [0.5, 0.6) is 0 Å². The van der Waals surface area contributed by atoms with Crippen LogP contribution < -0.4 is 39.2 Å². The van der Waals surface area contributed by atoms with E-state index in [9.17, 15) is 19.2 Å². The van der Waals surface area contributed by atoms with Crippen molar-refractivity contribution in [2.45, 2.75) is 25.8 Å². The maximum atomic E-state index is 13.3. The summed E-state index contributed by atoms with van der Waals surface area (Å²) < 4.78 is 5.29. The second-order valence-corrected chi connectivity index (χ2v) is 7.06. The minimum atomic E-state index is -1.07. The molecule has 1 aromatic carbocycles. The number of carbonyl (C=O) groups excluding carboxylic acids is 3. The van der Waals surface area contributed by atoms with Crippen LogP contribution in [-0.2, 0) is 9.59 Å². The molecule has 172 valence electrons. The first kappa shape index (κ1) is 24.3. The van der Waals surface area contributed by atoms with Gasteiger partial charge in [0.05, 0.1) is 19.1 Å². The van der Waals surface area contributed by atoms with Gasteiger partial charge in [0.15, 0.2) is 11.7 Å². The van der Waals surface area contributed by atoms with Crippen molar-refractivity contribution in [3.8, 4) is 0 Å². The van der Waals surface area contributed by atoms with Gasteiger partial charge in [0.2, 0.25) is 11.8 Å². The van der Waals surface area contributed by atoms with Crippen molar-refractivity contribution in [2.24, 2.45) is 22.2 Å². The highest BCUT2D eigenvalue weighted by Crippen LogP contribution is 2.23. The van der Waals surface area contributed by atoms with Gasteiger partial charge in [-0.05, 0) is 37.5 Å². The Morgan fingerprint density at radius 1 is 1.19 bits per heavy atom. The summed E-state index contributed by atoms with van der Waals surface area (Å²) in [6.07, 6.45) is 0.489. The van der Waals surface area contributed by atoms with E-state index in [1.807, 2.05) is 0 Å². The molecule has 0 unspecified atom stereocenters. The maximum absolute atomic E-state index is 13.3. The molecule has 10 N–H and O–H groups in total. The lowest BCUT2D eigenvalue weighted by atomic mass is 9.96. The van der Waals surface area contributed by atoms with E-state index < -0.39 is 29.3 Å². The van der Waals surface area contributed by atoms with E-state index in [2.05, 4.69) is 15.6 Å². The average Bonchev–Trinajstić information content (AvgIpc) is 2.73. The number of ketones is 1. The molecule has 0 saturated carbocycles. The summed E-state index contributed by atoms with van der Waals surface area (Å²) >= 11 is 0. The fourth-order valence-electron chi connectivity index (χ4n) is 3.10. The van der Waals surface area contributed by atoms with E-state index in [1.54, 1.807) is 19.1 Å². The SMILES string of the molecule is Cc1c(C(=O)[C@H](CCCN=C(N)N)NC(=O)CNC(=O)CN)c(=O)oc2cc(N)ccc12. The number of guanidine groups is 1. The number of fused-ring (bicyclic) bond motifs is 1. The van der Waals surface area contributed by atoms with Crippen LogP contribution >= 0.6 is 0 Å². The predicted octanol–water partition coefficient (Wildman–Crippen LogP) is -1.52. The molecule has 0 aliphatic rings. The quantitative estimate of drug-likeness (QED) is 0.0623. The third kappa shape index (κ3) is 6.28. The smallest absolute Gasteiger partial charge is 0.347 e. The van der Waals surface area contributed by atoms with E-state index in [0.29, 0.717) is 23.1 Å². The average molecular weight is 445 g/mol. The van der Waals surface area contributed by atoms with Crippen LogP contribution in [0, 0.1) is 6.92 Å². The van der Waals surface area contributed by atoms with Gasteiger partial charge in [-0.25, -0.2) is 4.79 Å². The number of hydrogen-bond acceptors (Lipinski definition) is 8. The van der Waals surface area contributed by atoms with Gasteiger partial charge in [-0.3, -0.25) is 19.4 Å². The first-order valence-electron chi connectivity index (χ1n) is 9.82. The van der Waals surface area contributed by atoms with Crippen molar-refractivity contribution < 1.29 is 18.8 Å². The van der Waals surface area contributed by atoms with Crippen molar-refractivity contribution in [1.29, 1.82) is 0 Å². The molecular formula is C20H27N7O5. The monoisotopic (exact) mass is 445 g/mol. The number of hydrogen-bond donors (Lipinski definition) is 6. The van der Waals surface area contributed by atoms with Gasteiger partial charge < -0.3 is 38.0 Å². The molecule has 1 heterocycles. The number of aliphatic imine (C=N–C) groups is 1. The zero-order chi connectivity index (χ0) is 23.8. The molecule has 0 bridgehead atoms. The van der Waals surface area contributed by atoms with Gasteiger partial charge in [0.1, 0.15) is 11.1 Å². The molecule has 0 fully saturated rings. The predicted molar refractivity (Wildman–Crippen MR) is 120 cm³/mol. The van der Waals surface area contributed by atoms with Gasteiger partial charge >= 0.3 is 5.63 Å². The Morgan fingerprint density at radius 3 is 2.56 bits per heavy atom. The van der Waals surface area contributed by atoms with Gasteiger partial charge in [-0.15, -0.1) is 0 Å². The molecule has 32 heavy (non-hydrogen) atoms. The van der Waals surface area contributed by atoms with Crippen molar-refractivity contribution in [1.82, 2.24) is 10.6 Å². The van der Waals surface area contributed by atoms with Crippen molar-refractivity contribution in [3.05, 3.63) is 39.7 Å². The largest absolute Gasteiger partial charge is 0.422 e. The zero-order valence-electron chi connectivity index (χ0n) is 17.6. The van der Waals surface area contributed by atoms with Gasteiger partial charge in [0.25, 0.3) is 0 Å². The molecule has 0 aliphatic heterocycles. The van der Waals surface area contributed by atoms with Crippen LogP contribution in [0.4, 0.5) is 5.69 Å². The minimum Gasteiger partial charge on any atom is -0.422 e. The number of benzene rings is 1. The molecule has 1 atom stereocenters. The molecule has 12 nitrogen and oxygen atoms in total. The molecule has 2 aromatic rings. The Hall–Kier alpha value is -3.93. The Bertz CT molecular complexity index is 1110. The number of rotatable bonds is 10. The number of aryl methyl sites for hydroxylation is 1. The lowest BCUT2D eigenvalue weighted by Crippen LogP contribution is -2.47. The molecule has 12 heteroatoms. The highest BCUT2D eigenvalue weighted by Gasteiger charge is 2.27. The van der Waals surface area contributed by atoms with E-state index in [0.717, 1.165) is 0 Å². The molecule has 1 aromatic heterocycles. The normalized spacial score (nSPS) is 11.6. The van der Waals surface area contributed by atoms with Crippen LogP contribution in [0.25, 0.3) is 11.0 Å². The zero-order valence-corrected chi connectivity index (χ0v) is 17.6. The van der Waals surface area contributed by atoms with Gasteiger partial charge in [-0.2, -0.15) is 0 Å². The summed E-state index contributed by atoms with van der Waals surface area (Å²) in [6, 6.07) is 3.69. The number of nitrogen functional groups attached to an aromatic ring is 1. The summed E-state index contributed by atoms with van der Waals surface area (Å²) in [5.74, 6) is -1.88. The molecular weight excluding hydrogens is 418 g/mol. The summed E-state index contributed by atoms with van der Waals surface area (Å²) in [7, 11) is 0. The maximum Gasteiger partial charge on any atom is 0.347 e. The third-order valence-electron chi connectivity index (χ3n) is 4.67. The summed E-state index contributed by atoms with van der Waals surface area (Å²) in [5, 5.41) is 5.40. The number of carbonyl (C=O) groups is 3. The highest BCUT2D eigenvalue weighted by atomic mass is 16.4. The van der Waals surface area contributed by atoms with Gasteiger partial charge in [-0.1, -0.05) is 0 Å². The summed E-state index contributed by atoms with van der Waals surface area (Å²) in [5.41, 5.74) is 21.6. The number of nitrogens with zero attached hydrogens (tertiary/aromatic N) is 1. The third-order valence-corrected chi connectivity index (χ3v) is 4.67. The van der Waals surface area contributed by atoms with Crippen molar-refractivity contribution in [3.63, 3.8) is 0 Å². The molecule has 0 aliphatic carbocycles. The first-order valence-corrected chi connectivity index (χ1v) is 9.82. The minimum absolute atomic E-state index is 0.105. The summed E-state index contributed by atoms with van der Waals surface area (Å²) in [4.78, 5) is 53.3. The molecule has 2 amide bonds. The molecule has 0 radical (unpaired) electrons. The van der Waals surface area contributed by atoms with E-state index in [1.165, 1.54) is 6.07 Å². The standard InChI is InChI=1S/C20H27N7O5/c1-10-12-5-4-11(22)7-14(12)32-19(31)17(10)18(30)13(3-2-6-25-20(23)24)27-16(29)9-26-15(28)8-21/h4-5,7,13H,2-3,6,8-9,21-22H2,1H3,(H,26,28)(H,27,29)(H4,23,24,25)/t13-/m0/s1. The highest BCUT2D eigenvalue weighted by molar-refractivity contribution is 6.05. The Balaban J connectivity index is 2.32. The summed E-state index contributed by atoms with van der Waals surface area (Å²) in [6.45, 7) is 1.17. The fraction of sp³-hybridized carbons (Fsp3) is 0.350. The van der Waals surface area contributed by atoms with Gasteiger partial charge in [0, 0.05) is 23.7 Å². The van der Waals surface area contributed by atoms with E-state index >= 15 is 0 Å². The van der Waals surface area contributed by atoms with Crippen LogP contribution in [0.2, 0.25) is 0 Å². The Morgan fingerprint density at radius 2 is 1.91 bits per heavy atom.